The molecule has 18 heavy (non-hydrogen) atoms. The van der Waals surface area contributed by atoms with Crippen LogP contribution >= 0.6 is 0 Å². The third-order valence-corrected chi connectivity index (χ3v) is 2.66. The van der Waals surface area contributed by atoms with Crippen molar-refractivity contribution in [3.63, 3.8) is 0 Å². The molecule has 0 aliphatic rings. The third kappa shape index (κ3) is 3.36. The smallest absolute Gasteiger partial charge is 0.328 e. The van der Waals surface area contributed by atoms with Crippen LogP contribution in [0.2, 0.25) is 0 Å². The maximum atomic E-state index is 10.4. The maximum absolute atomic E-state index is 10.4. The second-order valence-electron chi connectivity index (χ2n) is 3.73. The van der Waals surface area contributed by atoms with Crippen molar-refractivity contribution in [1.29, 1.82) is 5.26 Å². The molecule has 0 aliphatic carbocycles. The van der Waals surface area contributed by atoms with Crippen molar-refractivity contribution < 1.29 is 9.90 Å². The van der Waals surface area contributed by atoms with Crippen molar-refractivity contribution in [3.8, 4) is 6.07 Å². The summed E-state index contributed by atoms with van der Waals surface area (Å²) in [5, 5.41) is 17.7. The Hall–Kier alpha value is -2.28. The molecule has 1 aromatic rings. The minimum atomic E-state index is -0.999. The summed E-state index contributed by atoms with van der Waals surface area (Å²) < 4.78 is 0. The van der Waals surface area contributed by atoms with Crippen LogP contribution in [-0.4, -0.2) is 24.2 Å². The Kier molecular flexibility index (Phi) is 4.94. The molecule has 1 aromatic carbocycles. The molecule has 0 heterocycles. The van der Waals surface area contributed by atoms with Crippen LogP contribution in [0.5, 0.6) is 0 Å². The van der Waals surface area contributed by atoms with E-state index in [1.165, 1.54) is 6.08 Å². The van der Waals surface area contributed by atoms with E-state index in [4.69, 9.17) is 10.4 Å². The fraction of sp³-hybridized carbons (Fsp3) is 0.286. The molecular formula is C14H16N2O2. The molecule has 0 aromatic heterocycles. The van der Waals surface area contributed by atoms with E-state index in [-0.39, 0.29) is 0 Å². The van der Waals surface area contributed by atoms with Crippen LogP contribution in [0.1, 0.15) is 25.0 Å². The summed E-state index contributed by atoms with van der Waals surface area (Å²) in [4.78, 5) is 12.5. The maximum Gasteiger partial charge on any atom is 0.328 e. The van der Waals surface area contributed by atoms with Crippen molar-refractivity contribution in [1.82, 2.24) is 0 Å². The zero-order valence-electron chi connectivity index (χ0n) is 10.6. The van der Waals surface area contributed by atoms with Crippen LogP contribution in [0.15, 0.2) is 24.3 Å². The molecule has 0 spiro atoms. The van der Waals surface area contributed by atoms with E-state index in [2.05, 4.69) is 11.0 Å². The number of hydrogen-bond donors (Lipinski definition) is 1. The number of carbonyl (C=O) groups is 1. The summed E-state index contributed by atoms with van der Waals surface area (Å²) in [5.41, 5.74) is 2.16. The number of aliphatic carboxylic acids is 1. The highest BCUT2D eigenvalue weighted by molar-refractivity contribution is 5.85. The average Bonchev–Trinajstić information content (AvgIpc) is 2.38. The molecule has 0 bridgehead atoms. The number of benzene rings is 1. The minimum absolute atomic E-state index is 0.561. The largest absolute Gasteiger partial charge is 0.478 e. The lowest BCUT2D eigenvalue weighted by molar-refractivity contribution is -0.131. The quantitative estimate of drug-likeness (QED) is 0.808. The van der Waals surface area contributed by atoms with Crippen molar-refractivity contribution in [3.05, 3.63) is 35.4 Å². The SMILES string of the molecule is CCN(CC)c1ccc(C=CC(=O)O)cc1C#N. The van der Waals surface area contributed by atoms with E-state index in [1.54, 1.807) is 6.07 Å². The fourth-order valence-corrected chi connectivity index (χ4v) is 1.75. The lowest BCUT2D eigenvalue weighted by Gasteiger charge is -2.22. The van der Waals surface area contributed by atoms with Gasteiger partial charge in [-0.05, 0) is 37.6 Å². The Morgan fingerprint density at radius 1 is 1.44 bits per heavy atom. The van der Waals surface area contributed by atoms with Gasteiger partial charge in [-0.2, -0.15) is 5.26 Å². The predicted octanol–water partition coefficient (Wildman–Crippen LogP) is 2.50. The molecule has 94 valence electrons. The molecule has 0 unspecified atom stereocenters. The van der Waals surface area contributed by atoms with Crippen molar-refractivity contribution in [2.24, 2.45) is 0 Å². The first-order chi connectivity index (χ1) is 8.62. The van der Waals surface area contributed by atoms with E-state index >= 15 is 0 Å². The van der Waals surface area contributed by atoms with Crippen LogP contribution in [0.3, 0.4) is 0 Å². The molecular weight excluding hydrogens is 228 g/mol. The van der Waals surface area contributed by atoms with Gasteiger partial charge in [-0.1, -0.05) is 6.07 Å². The second kappa shape index (κ2) is 6.45. The van der Waals surface area contributed by atoms with Crippen LogP contribution < -0.4 is 4.90 Å². The minimum Gasteiger partial charge on any atom is -0.478 e. The van der Waals surface area contributed by atoms with Gasteiger partial charge in [0.15, 0.2) is 0 Å². The molecule has 1 rings (SSSR count). The summed E-state index contributed by atoms with van der Waals surface area (Å²) in [5.74, 6) is -0.999. The number of carboxylic acid groups (broad SMARTS) is 1. The molecule has 0 saturated heterocycles. The van der Waals surface area contributed by atoms with Crippen LogP contribution in [-0.2, 0) is 4.79 Å². The summed E-state index contributed by atoms with van der Waals surface area (Å²) in [6.07, 6.45) is 2.54. The summed E-state index contributed by atoms with van der Waals surface area (Å²) >= 11 is 0. The van der Waals surface area contributed by atoms with Gasteiger partial charge in [-0.3, -0.25) is 0 Å². The van der Waals surface area contributed by atoms with Gasteiger partial charge in [-0.25, -0.2) is 4.79 Å². The van der Waals surface area contributed by atoms with Gasteiger partial charge in [0.05, 0.1) is 11.3 Å². The highest BCUT2D eigenvalue weighted by atomic mass is 16.4. The predicted molar refractivity (Wildman–Crippen MR) is 71.4 cm³/mol. The molecule has 0 radical (unpaired) electrons. The molecule has 0 amide bonds. The van der Waals surface area contributed by atoms with Gasteiger partial charge in [0, 0.05) is 19.2 Å². The summed E-state index contributed by atoms with van der Waals surface area (Å²) in [7, 11) is 0. The van der Waals surface area contributed by atoms with E-state index in [0.29, 0.717) is 11.1 Å². The average molecular weight is 244 g/mol. The number of carboxylic acids is 1. The normalized spacial score (nSPS) is 10.3. The first-order valence-corrected chi connectivity index (χ1v) is 5.82. The van der Waals surface area contributed by atoms with Gasteiger partial charge in [0.1, 0.15) is 6.07 Å². The molecule has 1 N–H and O–H groups in total. The topological polar surface area (TPSA) is 64.3 Å². The zero-order chi connectivity index (χ0) is 13.5. The lowest BCUT2D eigenvalue weighted by atomic mass is 10.1. The molecule has 0 aliphatic heterocycles. The number of hydrogen-bond acceptors (Lipinski definition) is 3. The zero-order valence-corrected chi connectivity index (χ0v) is 10.6. The first-order valence-electron chi connectivity index (χ1n) is 5.82. The van der Waals surface area contributed by atoms with Gasteiger partial charge in [-0.15, -0.1) is 0 Å². The number of rotatable bonds is 5. The molecule has 0 saturated carbocycles. The second-order valence-corrected chi connectivity index (χ2v) is 3.73. The summed E-state index contributed by atoms with van der Waals surface area (Å²) in [6, 6.07) is 7.52. The van der Waals surface area contributed by atoms with Gasteiger partial charge in [0.2, 0.25) is 0 Å². The van der Waals surface area contributed by atoms with Crippen LogP contribution in [0.25, 0.3) is 6.08 Å². The Bertz CT molecular complexity index is 497. The number of nitriles is 1. The van der Waals surface area contributed by atoms with Crippen molar-refractivity contribution in [2.75, 3.05) is 18.0 Å². The van der Waals surface area contributed by atoms with Crippen molar-refractivity contribution >= 4 is 17.7 Å². The first kappa shape index (κ1) is 13.8. The van der Waals surface area contributed by atoms with E-state index in [9.17, 15) is 4.79 Å². The highest BCUT2D eigenvalue weighted by Gasteiger charge is 2.08. The van der Waals surface area contributed by atoms with E-state index in [0.717, 1.165) is 24.9 Å². The lowest BCUT2D eigenvalue weighted by Crippen LogP contribution is -2.22. The third-order valence-electron chi connectivity index (χ3n) is 2.66. The Balaban J connectivity index is 3.12. The Labute approximate surface area is 107 Å². The van der Waals surface area contributed by atoms with Crippen LogP contribution in [0, 0.1) is 11.3 Å². The standard InChI is InChI=1S/C14H16N2O2/c1-3-16(4-2)13-7-5-11(6-8-14(17)18)9-12(13)10-15/h5-9H,3-4H2,1-2H3,(H,17,18). The Morgan fingerprint density at radius 2 is 2.11 bits per heavy atom. The number of anilines is 1. The highest BCUT2D eigenvalue weighted by Crippen LogP contribution is 2.21. The summed E-state index contributed by atoms with van der Waals surface area (Å²) in [6.45, 7) is 5.72. The number of nitrogens with zero attached hydrogens (tertiary/aromatic N) is 2. The van der Waals surface area contributed by atoms with E-state index < -0.39 is 5.97 Å². The molecule has 0 fully saturated rings. The molecule has 0 atom stereocenters. The van der Waals surface area contributed by atoms with Crippen molar-refractivity contribution in [2.45, 2.75) is 13.8 Å². The van der Waals surface area contributed by atoms with Crippen LogP contribution in [0.4, 0.5) is 5.69 Å². The van der Waals surface area contributed by atoms with E-state index in [1.807, 2.05) is 26.0 Å². The fourth-order valence-electron chi connectivity index (χ4n) is 1.75. The van der Waals surface area contributed by atoms with Gasteiger partial charge < -0.3 is 10.0 Å². The molecule has 4 nitrogen and oxygen atoms in total. The molecule has 4 heteroatoms. The van der Waals surface area contributed by atoms with Gasteiger partial charge in [0.25, 0.3) is 0 Å². The monoisotopic (exact) mass is 244 g/mol. The Morgan fingerprint density at radius 3 is 2.61 bits per heavy atom. The van der Waals surface area contributed by atoms with Gasteiger partial charge >= 0.3 is 5.97 Å².